The van der Waals surface area contributed by atoms with Crippen molar-refractivity contribution >= 4 is 51.4 Å². The number of fused-ring (bicyclic) bond motifs is 1. The molecule has 3 heterocycles. The normalized spacial score (nSPS) is 11.0. The number of hydrogen-bond donors (Lipinski definition) is 1. The smallest absolute Gasteiger partial charge is 0.250 e. The van der Waals surface area contributed by atoms with Crippen LogP contribution in [-0.4, -0.2) is 24.6 Å². The fourth-order valence-corrected chi connectivity index (χ4v) is 3.29. The number of rotatable bonds is 3. The maximum absolute atomic E-state index is 6.27. The van der Waals surface area contributed by atoms with Gasteiger partial charge in [0.05, 0.1) is 10.7 Å². The number of benzene rings is 1. The molecule has 4 rings (SSSR count). The van der Waals surface area contributed by atoms with Crippen LogP contribution in [0.4, 0.5) is 11.9 Å². The molecule has 0 aliphatic heterocycles. The van der Waals surface area contributed by atoms with Gasteiger partial charge in [0.1, 0.15) is 0 Å². The molecule has 0 spiro atoms. The minimum Gasteiger partial charge on any atom is -0.291 e. The highest BCUT2D eigenvalue weighted by molar-refractivity contribution is 7.15. The number of nitrogens with one attached hydrogen (secondary N) is 1. The van der Waals surface area contributed by atoms with Crippen molar-refractivity contribution in [2.45, 2.75) is 0 Å². The van der Waals surface area contributed by atoms with Crippen LogP contribution in [0.15, 0.2) is 42.0 Å². The summed E-state index contributed by atoms with van der Waals surface area (Å²) in [4.78, 5) is 13.3. The Kier molecular flexibility index (Phi) is 3.60. The maximum atomic E-state index is 6.27. The van der Waals surface area contributed by atoms with Gasteiger partial charge in [-0.15, -0.1) is 16.4 Å². The maximum Gasteiger partial charge on any atom is 0.250 e. The van der Waals surface area contributed by atoms with E-state index >= 15 is 0 Å². The van der Waals surface area contributed by atoms with Crippen LogP contribution >= 0.6 is 34.5 Å². The standard InChI is InChI=1S/C14H8Cl2N6S/c15-8-2-3-10(16)9(6-8)11-7-23-14-20-13(21-22(11)14)19-12-17-4-1-5-18-12/h1-7H,(H,17,18,19,21). The summed E-state index contributed by atoms with van der Waals surface area (Å²) in [5, 5.41) is 10.6. The van der Waals surface area contributed by atoms with Crippen molar-refractivity contribution in [3.05, 3.63) is 52.1 Å². The summed E-state index contributed by atoms with van der Waals surface area (Å²) in [6.45, 7) is 0. The van der Waals surface area contributed by atoms with Gasteiger partial charge in [-0.05, 0) is 24.3 Å². The minimum atomic E-state index is 0.419. The summed E-state index contributed by atoms with van der Waals surface area (Å²) < 4.78 is 1.72. The lowest BCUT2D eigenvalue weighted by atomic mass is 10.2. The van der Waals surface area contributed by atoms with Gasteiger partial charge in [-0.2, -0.15) is 4.98 Å². The number of thiazole rings is 1. The summed E-state index contributed by atoms with van der Waals surface area (Å²) in [6.07, 6.45) is 3.29. The average Bonchev–Trinajstić information content (AvgIpc) is 3.11. The van der Waals surface area contributed by atoms with Crippen molar-refractivity contribution in [2.75, 3.05) is 5.32 Å². The molecule has 114 valence electrons. The zero-order chi connectivity index (χ0) is 15.8. The van der Waals surface area contributed by atoms with Crippen molar-refractivity contribution in [1.82, 2.24) is 24.6 Å². The first-order valence-electron chi connectivity index (χ1n) is 6.54. The first kappa shape index (κ1) is 14.4. The lowest BCUT2D eigenvalue weighted by Gasteiger charge is -2.03. The third-order valence-corrected chi connectivity index (χ3v) is 4.46. The van der Waals surface area contributed by atoms with E-state index in [1.165, 1.54) is 11.3 Å². The zero-order valence-corrected chi connectivity index (χ0v) is 13.8. The molecule has 0 atom stereocenters. The molecule has 0 aliphatic rings. The van der Waals surface area contributed by atoms with Crippen molar-refractivity contribution < 1.29 is 0 Å². The number of aromatic nitrogens is 5. The first-order valence-corrected chi connectivity index (χ1v) is 8.18. The minimum absolute atomic E-state index is 0.419. The number of hydrogen-bond acceptors (Lipinski definition) is 6. The van der Waals surface area contributed by atoms with Gasteiger partial charge >= 0.3 is 0 Å². The topological polar surface area (TPSA) is 68.0 Å². The van der Waals surface area contributed by atoms with Crippen molar-refractivity contribution in [3.8, 4) is 11.3 Å². The molecule has 0 saturated heterocycles. The number of halogens is 2. The quantitative estimate of drug-likeness (QED) is 0.588. The highest BCUT2D eigenvalue weighted by atomic mass is 35.5. The predicted molar refractivity (Wildman–Crippen MR) is 91.6 cm³/mol. The number of anilines is 2. The average molecular weight is 363 g/mol. The molecule has 0 saturated carbocycles. The molecule has 1 N–H and O–H groups in total. The van der Waals surface area contributed by atoms with Crippen molar-refractivity contribution in [2.24, 2.45) is 0 Å². The van der Waals surface area contributed by atoms with Gasteiger partial charge < -0.3 is 0 Å². The summed E-state index contributed by atoms with van der Waals surface area (Å²) in [5.41, 5.74) is 1.63. The second-order valence-corrected chi connectivity index (χ2v) is 6.25. The molecule has 0 fully saturated rings. The van der Waals surface area contributed by atoms with Crippen LogP contribution in [0.25, 0.3) is 16.2 Å². The Morgan fingerprint density at radius 1 is 1.09 bits per heavy atom. The molecule has 0 bridgehead atoms. The van der Waals surface area contributed by atoms with Gasteiger partial charge in [0, 0.05) is 28.4 Å². The second-order valence-electron chi connectivity index (χ2n) is 4.57. The van der Waals surface area contributed by atoms with E-state index in [0.717, 1.165) is 16.2 Å². The summed E-state index contributed by atoms with van der Waals surface area (Å²) in [5.74, 6) is 0.857. The lowest BCUT2D eigenvalue weighted by molar-refractivity contribution is 0.984. The molecule has 0 unspecified atom stereocenters. The Balaban J connectivity index is 1.76. The van der Waals surface area contributed by atoms with Crippen molar-refractivity contribution in [1.29, 1.82) is 0 Å². The van der Waals surface area contributed by atoms with E-state index in [1.807, 2.05) is 5.38 Å². The monoisotopic (exact) mass is 362 g/mol. The fourth-order valence-electron chi connectivity index (χ4n) is 2.08. The van der Waals surface area contributed by atoms with Crippen LogP contribution in [0.5, 0.6) is 0 Å². The van der Waals surface area contributed by atoms with E-state index in [2.05, 4.69) is 25.4 Å². The number of nitrogens with zero attached hydrogens (tertiary/aromatic N) is 5. The van der Waals surface area contributed by atoms with Gasteiger partial charge in [0.25, 0.3) is 5.95 Å². The third kappa shape index (κ3) is 2.74. The molecule has 3 aromatic heterocycles. The van der Waals surface area contributed by atoms with Crippen LogP contribution < -0.4 is 5.32 Å². The van der Waals surface area contributed by atoms with Gasteiger partial charge in [-0.25, -0.2) is 14.5 Å². The van der Waals surface area contributed by atoms with Gasteiger partial charge in [-0.1, -0.05) is 23.2 Å². The van der Waals surface area contributed by atoms with Crippen molar-refractivity contribution in [3.63, 3.8) is 0 Å². The highest BCUT2D eigenvalue weighted by Gasteiger charge is 2.14. The van der Waals surface area contributed by atoms with E-state index in [0.29, 0.717) is 21.9 Å². The van der Waals surface area contributed by atoms with Crippen LogP contribution in [-0.2, 0) is 0 Å². The fraction of sp³-hybridized carbons (Fsp3) is 0. The Labute approximate surface area is 144 Å². The molecular formula is C14H8Cl2N6S. The SMILES string of the molecule is Clc1ccc(Cl)c(-c2csc3nc(Nc4ncccn4)nn23)c1. The molecule has 1 aromatic carbocycles. The second kappa shape index (κ2) is 5.77. The summed E-state index contributed by atoms with van der Waals surface area (Å²) in [7, 11) is 0. The predicted octanol–water partition coefficient (Wildman–Crippen LogP) is 4.30. The van der Waals surface area contributed by atoms with E-state index in [4.69, 9.17) is 23.2 Å². The summed E-state index contributed by atoms with van der Waals surface area (Å²) >= 11 is 13.8. The van der Waals surface area contributed by atoms with E-state index in [9.17, 15) is 0 Å². The molecule has 0 aliphatic carbocycles. The van der Waals surface area contributed by atoms with E-state index in [-0.39, 0.29) is 0 Å². The largest absolute Gasteiger partial charge is 0.291 e. The Morgan fingerprint density at radius 3 is 2.74 bits per heavy atom. The molecule has 4 aromatic rings. The van der Waals surface area contributed by atoms with E-state index in [1.54, 1.807) is 41.2 Å². The zero-order valence-electron chi connectivity index (χ0n) is 11.4. The van der Waals surface area contributed by atoms with Crippen LogP contribution in [0.3, 0.4) is 0 Å². The molecule has 0 amide bonds. The highest BCUT2D eigenvalue weighted by Crippen LogP contribution is 2.33. The van der Waals surface area contributed by atoms with Gasteiger partial charge in [0.15, 0.2) is 0 Å². The Bertz CT molecular complexity index is 982. The van der Waals surface area contributed by atoms with Crippen LogP contribution in [0.1, 0.15) is 0 Å². The van der Waals surface area contributed by atoms with Crippen LogP contribution in [0, 0.1) is 0 Å². The molecule has 0 radical (unpaired) electrons. The molecule has 9 heteroatoms. The first-order chi connectivity index (χ1) is 11.2. The third-order valence-electron chi connectivity index (χ3n) is 3.08. The van der Waals surface area contributed by atoms with Gasteiger partial charge in [-0.3, -0.25) is 5.32 Å². The molecule has 6 nitrogen and oxygen atoms in total. The molecule has 23 heavy (non-hydrogen) atoms. The Hall–Kier alpha value is -2.22. The van der Waals surface area contributed by atoms with Crippen LogP contribution in [0.2, 0.25) is 10.0 Å². The summed E-state index contributed by atoms with van der Waals surface area (Å²) in [6, 6.07) is 7.05. The van der Waals surface area contributed by atoms with E-state index < -0.39 is 0 Å². The molecular weight excluding hydrogens is 355 g/mol. The lowest BCUT2D eigenvalue weighted by Crippen LogP contribution is -1.98. The Morgan fingerprint density at radius 2 is 1.91 bits per heavy atom. The van der Waals surface area contributed by atoms with Gasteiger partial charge in [0.2, 0.25) is 10.9 Å².